The van der Waals surface area contributed by atoms with Gasteiger partial charge in [-0.3, -0.25) is 4.79 Å². The number of hydrogen-bond acceptors (Lipinski definition) is 5. The highest BCUT2D eigenvalue weighted by atomic mass is 79.9. The molecule has 0 atom stereocenters. The average Bonchev–Trinajstić information content (AvgIpc) is 2.74. The molecule has 8 heteroatoms. The zero-order valence-electron chi connectivity index (χ0n) is 10.9. The third-order valence-corrected chi connectivity index (χ3v) is 3.97. The summed E-state index contributed by atoms with van der Waals surface area (Å²) in [6.07, 6.45) is 2.53. The van der Waals surface area contributed by atoms with Crippen LogP contribution in [-0.2, 0) is 16.1 Å². The SMILES string of the molecule is COCCCn1c(SCC(=O)O)nc2cc(Br)cnc21. The van der Waals surface area contributed by atoms with Crippen LogP contribution in [0.3, 0.4) is 0 Å². The van der Waals surface area contributed by atoms with Gasteiger partial charge in [0.1, 0.15) is 5.52 Å². The molecular formula is C12H14BrN3O3S. The summed E-state index contributed by atoms with van der Waals surface area (Å²) in [5, 5.41) is 9.47. The Morgan fingerprint density at radius 3 is 3.10 bits per heavy atom. The summed E-state index contributed by atoms with van der Waals surface area (Å²) in [6.45, 7) is 1.33. The van der Waals surface area contributed by atoms with Crippen LogP contribution in [0.15, 0.2) is 21.9 Å². The number of methoxy groups -OCH3 is 1. The largest absolute Gasteiger partial charge is 0.481 e. The van der Waals surface area contributed by atoms with Gasteiger partial charge < -0.3 is 14.4 Å². The van der Waals surface area contributed by atoms with Crippen molar-refractivity contribution < 1.29 is 14.6 Å². The molecule has 0 spiro atoms. The fraction of sp³-hybridized carbons (Fsp3) is 0.417. The second-order valence-corrected chi connectivity index (χ2v) is 5.93. The highest BCUT2D eigenvalue weighted by Crippen LogP contribution is 2.25. The summed E-state index contributed by atoms with van der Waals surface area (Å²) in [4.78, 5) is 19.5. The van der Waals surface area contributed by atoms with Crippen molar-refractivity contribution in [2.24, 2.45) is 0 Å². The van der Waals surface area contributed by atoms with E-state index in [1.807, 2.05) is 10.6 Å². The Hall–Kier alpha value is -1.12. The number of pyridine rings is 1. The number of carbonyl (C=O) groups is 1. The Kier molecular flexibility index (Phi) is 5.38. The van der Waals surface area contributed by atoms with Crippen LogP contribution < -0.4 is 0 Å². The van der Waals surface area contributed by atoms with Crippen molar-refractivity contribution in [1.82, 2.24) is 14.5 Å². The number of fused-ring (bicyclic) bond motifs is 1. The van der Waals surface area contributed by atoms with Crippen LogP contribution in [0, 0.1) is 0 Å². The van der Waals surface area contributed by atoms with E-state index in [2.05, 4.69) is 25.9 Å². The first-order valence-corrected chi connectivity index (χ1v) is 7.75. The lowest BCUT2D eigenvalue weighted by atomic mass is 10.4. The lowest BCUT2D eigenvalue weighted by Crippen LogP contribution is -2.06. The molecule has 0 unspecified atom stereocenters. The molecule has 2 aromatic rings. The van der Waals surface area contributed by atoms with Crippen LogP contribution >= 0.6 is 27.7 Å². The number of nitrogens with zero attached hydrogens (tertiary/aromatic N) is 3. The summed E-state index contributed by atoms with van der Waals surface area (Å²) in [5.74, 6) is -0.881. The van der Waals surface area contributed by atoms with E-state index in [4.69, 9.17) is 9.84 Å². The number of halogens is 1. The molecular weight excluding hydrogens is 346 g/mol. The molecule has 0 radical (unpaired) electrons. The quantitative estimate of drug-likeness (QED) is 0.604. The summed E-state index contributed by atoms with van der Waals surface area (Å²) in [6, 6.07) is 1.87. The molecule has 1 N–H and O–H groups in total. The van der Waals surface area contributed by atoms with Gasteiger partial charge in [-0.2, -0.15) is 0 Å². The van der Waals surface area contributed by atoms with Crippen molar-refractivity contribution in [1.29, 1.82) is 0 Å². The lowest BCUT2D eigenvalue weighted by molar-refractivity contribution is -0.133. The average molecular weight is 360 g/mol. The molecule has 0 aliphatic rings. The van der Waals surface area contributed by atoms with Crippen LogP contribution in [0.1, 0.15) is 6.42 Å². The Labute approximate surface area is 128 Å². The molecule has 0 amide bonds. The Morgan fingerprint density at radius 2 is 2.40 bits per heavy atom. The van der Waals surface area contributed by atoms with E-state index in [0.717, 1.165) is 22.1 Å². The van der Waals surface area contributed by atoms with Gasteiger partial charge in [-0.05, 0) is 28.4 Å². The van der Waals surface area contributed by atoms with Gasteiger partial charge in [-0.15, -0.1) is 0 Å². The molecule has 2 heterocycles. The maximum atomic E-state index is 10.7. The maximum absolute atomic E-state index is 10.7. The summed E-state index contributed by atoms with van der Waals surface area (Å²) >= 11 is 4.56. The number of carboxylic acids is 1. The highest BCUT2D eigenvalue weighted by molar-refractivity contribution is 9.10. The van der Waals surface area contributed by atoms with Gasteiger partial charge in [0.2, 0.25) is 0 Å². The fourth-order valence-corrected chi connectivity index (χ4v) is 2.84. The number of carboxylic acid groups (broad SMARTS) is 1. The van der Waals surface area contributed by atoms with E-state index in [1.165, 1.54) is 11.8 Å². The van der Waals surface area contributed by atoms with Crippen molar-refractivity contribution in [3.05, 3.63) is 16.7 Å². The number of thioether (sulfide) groups is 1. The summed E-state index contributed by atoms with van der Waals surface area (Å²) < 4.78 is 7.83. The van der Waals surface area contributed by atoms with Crippen molar-refractivity contribution in [3.8, 4) is 0 Å². The first kappa shape index (κ1) is 15.3. The zero-order valence-corrected chi connectivity index (χ0v) is 13.3. The first-order chi connectivity index (χ1) is 9.61. The minimum atomic E-state index is -0.861. The van der Waals surface area contributed by atoms with Gasteiger partial charge in [-0.25, -0.2) is 9.97 Å². The molecule has 0 aliphatic heterocycles. The van der Waals surface area contributed by atoms with Crippen LogP contribution in [0.2, 0.25) is 0 Å². The molecule has 0 aliphatic carbocycles. The van der Waals surface area contributed by atoms with Gasteiger partial charge >= 0.3 is 5.97 Å². The smallest absolute Gasteiger partial charge is 0.313 e. The molecule has 0 saturated heterocycles. The number of rotatable bonds is 7. The lowest BCUT2D eigenvalue weighted by Gasteiger charge is -2.07. The van der Waals surface area contributed by atoms with E-state index in [1.54, 1.807) is 13.3 Å². The van der Waals surface area contributed by atoms with E-state index in [-0.39, 0.29) is 5.75 Å². The molecule has 0 aromatic carbocycles. The van der Waals surface area contributed by atoms with Gasteiger partial charge in [0.15, 0.2) is 10.8 Å². The monoisotopic (exact) mass is 359 g/mol. The maximum Gasteiger partial charge on any atom is 0.313 e. The van der Waals surface area contributed by atoms with Gasteiger partial charge in [0, 0.05) is 30.9 Å². The predicted octanol–water partition coefficient (Wildman–Crippen LogP) is 2.41. The molecule has 2 rings (SSSR count). The topological polar surface area (TPSA) is 77.2 Å². The minimum absolute atomic E-state index is 0.0191. The molecule has 0 saturated carbocycles. The second kappa shape index (κ2) is 7.05. The Balaban J connectivity index is 2.31. The number of aliphatic carboxylic acids is 1. The van der Waals surface area contributed by atoms with Crippen molar-refractivity contribution in [2.75, 3.05) is 19.5 Å². The van der Waals surface area contributed by atoms with Crippen LogP contribution in [-0.4, -0.2) is 45.1 Å². The number of aryl methyl sites for hydroxylation is 1. The predicted molar refractivity (Wildman–Crippen MR) is 80.1 cm³/mol. The van der Waals surface area contributed by atoms with E-state index >= 15 is 0 Å². The van der Waals surface area contributed by atoms with Gasteiger partial charge in [0.05, 0.1) is 5.75 Å². The Morgan fingerprint density at radius 1 is 1.60 bits per heavy atom. The van der Waals surface area contributed by atoms with Crippen LogP contribution in [0.4, 0.5) is 0 Å². The third kappa shape index (κ3) is 3.71. The number of ether oxygens (including phenoxy) is 1. The molecule has 2 aromatic heterocycles. The van der Waals surface area contributed by atoms with Crippen molar-refractivity contribution >= 4 is 44.8 Å². The molecule has 0 fully saturated rings. The zero-order chi connectivity index (χ0) is 14.5. The number of aromatic nitrogens is 3. The van der Waals surface area contributed by atoms with E-state index < -0.39 is 5.97 Å². The first-order valence-electron chi connectivity index (χ1n) is 5.97. The third-order valence-electron chi connectivity index (χ3n) is 2.57. The summed E-state index contributed by atoms with van der Waals surface area (Å²) in [5.41, 5.74) is 1.52. The van der Waals surface area contributed by atoms with Crippen LogP contribution in [0.25, 0.3) is 11.2 Å². The highest BCUT2D eigenvalue weighted by Gasteiger charge is 2.13. The normalized spacial score (nSPS) is 11.1. The van der Waals surface area contributed by atoms with Crippen molar-refractivity contribution in [3.63, 3.8) is 0 Å². The standard InChI is InChI=1S/C12H14BrN3O3S/c1-19-4-2-3-16-11-9(5-8(13)6-14-11)15-12(16)20-7-10(17)18/h5-6H,2-4,7H2,1H3,(H,17,18). The van der Waals surface area contributed by atoms with E-state index in [0.29, 0.717) is 18.3 Å². The van der Waals surface area contributed by atoms with Crippen molar-refractivity contribution in [2.45, 2.75) is 18.1 Å². The van der Waals surface area contributed by atoms with E-state index in [9.17, 15) is 4.79 Å². The van der Waals surface area contributed by atoms with Gasteiger partial charge in [0.25, 0.3) is 0 Å². The second-order valence-electron chi connectivity index (χ2n) is 4.07. The minimum Gasteiger partial charge on any atom is -0.481 e. The molecule has 6 nitrogen and oxygen atoms in total. The molecule has 20 heavy (non-hydrogen) atoms. The molecule has 108 valence electrons. The van der Waals surface area contributed by atoms with Gasteiger partial charge in [-0.1, -0.05) is 11.8 Å². The number of hydrogen-bond donors (Lipinski definition) is 1. The Bertz CT molecular complexity index is 617. The fourth-order valence-electron chi connectivity index (χ4n) is 1.77. The number of imidazole rings is 1. The van der Waals surface area contributed by atoms with Crippen LogP contribution in [0.5, 0.6) is 0 Å². The summed E-state index contributed by atoms with van der Waals surface area (Å²) in [7, 11) is 1.65. The molecule has 0 bridgehead atoms.